The van der Waals surface area contributed by atoms with Gasteiger partial charge in [-0.2, -0.15) is 4.98 Å². The molecule has 0 saturated heterocycles. The topological polar surface area (TPSA) is 51.0 Å². The lowest BCUT2D eigenvalue weighted by molar-refractivity contribution is 0.354. The van der Waals surface area contributed by atoms with Gasteiger partial charge in [0.25, 0.3) is 0 Å². The summed E-state index contributed by atoms with van der Waals surface area (Å²) in [5, 5.41) is 7.18. The zero-order valence-corrected chi connectivity index (χ0v) is 11.7. The molecule has 106 valence electrons. The molecule has 20 heavy (non-hydrogen) atoms. The summed E-state index contributed by atoms with van der Waals surface area (Å²) < 4.78 is 18.8. The minimum atomic E-state index is -0.268. The second-order valence-electron chi connectivity index (χ2n) is 5.50. The molecule has 0 spiro atoms. The quantitative estimate of drug-likeness (QED) is 0.910. The summed E-state index contributed by atoms with van der Waals surface area (Å²) in [4.78, 5) is 4.50. The van der Waals surface area contributed by atoms with Crippen LogP contribution in [0.1, 0.15) is 37.0 Å². The lowest BCUT2D eigenvalue weighted by Crippen LogP contribution is -2.24. The number of rotatable bonds is 5. The highest BCUT2D eigenvalue weighted by atomic mass is 19.1. The molecular formula is C15H18FN3O. The summed E-state index contributed by atoms with van der Waals surface area (Å²) in [5.74, 6) is 1.09. The fraction of sp³-hybridized carbons (Fsp3) is 0.467. The highest BCUT2D eigenvalue weighted by Gasteiger charge is 2.51. The summed E-state index contributed by atoms with van der Waals surface area (Å²) in [6.07, 6.45) is 2.58. The maximum atomic E-state index is 13.4. The Hall–Kier alpha value is -1.75. The molecule has 1 aliphatic rings. The zero-order valence-electron chi connectivity index (χ0n) is 11.7. The van der Waals surface area contributed by atoms with Crippen LogP contribution in [0.15, 0.2) is 28.8 Å². The number of benzene rings is 1. The largest absolute Gasteiger partial charge is 0.338 e. The average Bonchev–Trinajstić information content (AvgIpc) is 3.13. The van der Waals surface area contributed by atoms with E-state index in [2.05, 4.69) is 22.4 Å². The van der Waals surface area contributed by atoms with Crippen LogP contribution < -0.4 is 5.32 Å². The molecule has 0 amide bonds. The van der Waals surface area contributed by atoms with Gasteiger partial charge in [-0.3, -0.25) is 0 Å². The highest BCUT2D eigenvalue weighted by molar-refractivity contribution is 5.38. The molecule has 1 heterocycles. The van der Waals surface area contributed by atoms with Crippen LogP contribution in [0.5, 0.6) is 0 Å². The number of halogens is 1. The van der Waals surface area contributed by atoms with Crippen molar-refractivity contribution in [1.29, 1.82) is 0 Å². The summed E-state index contributed by atoms with van der Waals surface area (Å²) in [7, 11) is 1.90. The van der Waals surface area contributed by atoms with Crippen LogP contribution in [-0.4, -0.2) is 23.2 Å². The molecule has 1 aromatic carbocycles. The minimum Gasteiger partial charge on any atom is -0.338 e. The van der Waals surface area contributed by atoms with E-state index in [-0.39, 0.29) is 11.2 Å². The number of hydrogen-bond acceptors (Lipinski definition) is 4. The summed E-state index contributed by atoms with van der Waals surface area (Å²) in [6, 6.07) is 6.96. The smallest absolute Gasteiger partial charge is 0.237 e. The highest BCUT2D eigenvalue weighted by Crippen LogP contribution is 2.52. The molecule has 1 unspecified atom stereocenters. The fourth-order valence-corrected chi connectivity index (χ4v) is 2.44. The van der Waals surface area contributed by atoms with Crippen LogP contribution in [0.3, 0.4) is 0 Å². The Morgan fingerprint density at radius 1 is 1.45 bits per heavy atom. The number of nitrogens with one attached hydrogen (secondary N) is 1. The van der Waals surface area contributed by atoms with E-state index >= 15 is 0 Å². The Bertz CT molecular complexity index is 607. The Morgan fingerprint density at radius 3 is 2.90 bits per heavy atom. The zero-order chi connectivity index (χ0) is 14.2. The third-order valence-corrected chi connectivity index (χ3v) is 3.99. The van der Waals surface area contributed by atoms with Gasteiger partial charge in [0.05, 0.1) is 5.41 Å². The molecule has 0 aliphatic heterocycles. The van der Waals surface area contributed by atoms with Gasteiger partial charge in [0.15, 0.2) is 5.82 Å². The lowest BCUT2D eigenvalue weighted by atomic mass is 9.96. The van der Waals surface area contributed by atoms with Crippen molar-refractivity contribution in [2.24, 2.45) is 0 Å². The maximum absolute atomic E-state index is 13.4. The van der Waals surface area contributed by atoms with Gasteiger partial charge in [-0.1, -0.05) is 17.3 Å². The Morgan fingerprint density at radius 2 is 2.25 bits per heavy atom. The van der Waals surface area contributed by atoms with Gasteiger partial charge in [-0.15, -0.1) is 0 Å². The van der Waals surface area contributed by atoms with E-state index in [4.69, 9.17) is 4.52 Å². The van der Waals surface area contributed by atoms with Crippen LogP contribution in [-0.2, 0) is 11.8 Å². The number of hydrogen-bond donors (Lipinski definition) is 1. The SMILES string of the molecule is CNC(C)Cc1noc(C2(c3cccc(F)c3)CC2)n1. The van der Waals surface area contributed by atoms with Crippen LogP contribution in [0.4, 0.5) is 4.39 Å². The van der Waals surface area contributed by atoms with Crippen molar-refractivity contribution in [1.82, 2.24) is 15.5 Å². The first-order valence-corrected chi connectivity index (χ1v) is 6.90. The average molecular weight is 275 g/mol. The van der Waals surface area contributed by atoms with Gasteiger partial charge >= 0.3 is 0 Å². The van der Waals surface area contributed by atoms with Crippen molar-refractivity contribution in [3.8, 4) is 0 Å². The normalized spacial score (nSPS) is 17.9. The van der Waals surface area contributed by atoms with Gasteiger partial charge in [0.2, 0.25) is 5.89 Å². The van der Waals surface area contributed by atoms with E-state index in [1.807, 2.05) is 13.1 Å². The Labute approximate surface area is 117 Å². The first-order valence-electron chi connectivity index (χ1n) is 6.90. The monoisotopic (exact) mass is 275 g/mol. The van der Waals surface area contributed by atoms with Gasteiger partial charge in [-0.05, 0) is 44.5 Å². The van der Waals surface area contributed by atoms with Gasteiger partial charge < -0.3 is 9.84 Å². The van der Waals surface area contributed by atoms with Crippen molar-refractivity contribution >= 4 is 0 Å². The predicted molar refractivity (Wildman–Crippen MR) is 72.9 cm³/mol. The van der Waals surface area contributed by atoms with Gasteiger partial charge in [-0.25, -0.2) is 4.39 Å². The molecular weight excluding hydrogens is 257 g/mol. The van der Waals surface area contributed by atoms with E-state index in [0.717, 1.165) is 24.8 Å². The lowest BCUT2D eigenvalue weighted by Gasteiger charge is -2.10. The van der Waals surface area contributed by atoms with Crippen LogP contribution >= 0.6 is 0 Å². The summed E-state index contributed by atoms with van der Waals surface area (Å²) in [6.45, 7) is 2.06. The van der Waals surface area contributed by atoms with E-state index in [0.29, 0.717) is 17.8 Å². The Kier molecular flexibility index (Phi) is 3.30. The molecule has 4 nitrogen and oxygen atoms in total. The van der Waals surface area contributed by atoms with Crippen molar-refractivity contribution in [3.05, 3.63) is 47.4 Å². The fourth-order valence-electron chi connectivity index (χ4n) is 2.44. The molecule has 5 heteroatoms. The summed E-state index contributed by atoms with van der Waals surface area (Å²) >= 11 is 0. The number of likely N-dealkylation sites (N-methyl/N-ethyl adjacent to an activating group) is 1. The molecule has 1 aromatic heterocycles. The van der Waals surface area contributed by atoms with Crippen molar-refractivity contribution < 1.29 is 8.91 Å². The molecule has 1 N–H and O–H groups in total. The third kappa shape index (κ3) is 2.33. The van der Waals surface area contributed by atoms with Crippen LogP contribution in [0, 0.1) is 5.82 Å². The number of nitrogens with zero attached hydrogens (tertiary/aromatic N) is 2. The molecule has 3 rings (SSSR count). The van der Waals surface area contributed by atoms with E-state index in [1.165, 1.54) is 6.07 Å². The Balaban J connectivity index is 1.85. The van der Waals surface area contributed by atoms with E-state index in [1.54, 1.807) is 12.1 Å². The molecule has 1 aliphatic carbocycles. The molecule has 1 saturated carbocycles. The molecule has 0 radical (unpaired) electrons. The first kappa shape index (κ1) is 13.2. The second-order valence-corrected chi connectivity index (χ2v) is 5.50. The van der Waals surface area contributed by atoms with Gasteiger partial charge in [0, 0.05) is 12.5 Å². The van der Waals surface area contributed by atoms with Crippen molar-refractivity contribution in [2.75, 3.05) is 7.05 Å². The summed E-state index contributed by atoms with van der Waals surface area (Å²) in [5.41, 5.74) is 0.658. The van der Waals surface area contributed by atoms with E-state index in [9.17, 15) is 4.39 Å². The van der Waals surface area contributed by atoms with Crippen LogP contribution in [0.25, 0.3) is 0 Å². The van der Waals surface area contributed by atoms with Gasteiger partial charge in [0.1, 0.15) is 5.82 Å². The standard InChI is InChI=1S/C15H18FN3O/c1-10(17-2)8-13-18-14(20-19-13)15(6-7-15)11-4-3-5-12(16)9-11/h3-5,9-10,17H,6-8H2,1-2H3. The molecule has 0 bridgehead atoms. The maximum Gasteiger partial charge on any atom is 0.237 e. The predicted octanol–water partition coefficient (Wildman–Crippen LogP) is 2.44. The third-order valence-electron chi connectivity index (χ3n) is 3.99. The number of aromatic nitrogens is 2. The molecule has 2 aromatic rings. The minimum absolute atomic E-state index is 0.225. The first-order chi connectivity index (χ1) is 9.64. The van der Waals surface area contributed by atoms with Crippen molar-refractivity contribution in [2.45, 2.75) is 37.6 Å². The second kappa shape index (κ2) is 4.98. The van der Waals surface area contributed by atoms with E-state index < -0.39 is 0 Å². The van der Waals surface area contributed by atoms with Crippen molar-refractivity contribution in [3.63, 3.8) is 0 Å². The van der Waals surface area contributed by atoms with Crippen LogP contribution in [0.2, 0.25) is 0 Å². The molecule has 1 fully saturated rings. The molecule has 1 atom stereocenters.